The summed E-state index contributed by atoms with van der Waals surface area (Å²) in [5.41, 5.74) is 5.08. The van der Waals surface area contributed by atoms with Crippen LogP contribution in [0.3, 0.4) is 0 Å². The average Bonchev–Trinajstić information content (AvgIpc) is 0.800. The van der Waals surface area contributed by atoms with Crippen molar-refractivity contribution in [1.29, 1.82) is 26.3 Å². The van der Waals surface area contributed by atoms with Gasteiger partial charge in [-0.1, -0.05) is 201 Å². The molecule has 0 aliphatic heterocycles. The summed E-state index contributed by atoms with van der Waals surface area (Å²) < 4.78 is 50.3. The maximum absolute atomic E-state index is 11.3. The van der Waals surface area contributed by atoms with Crippen LogP contribution < -0.4 is 37.9 Å². The quantitative estimate of drug-likeness (QED) is 0.0231. The van der Waals surface area contributed by atoms with E-state index < -0.39 is 0 Å². The Morgan fingerprint density at radius 2 is 0.585 bits per heavy atom. The van der Waals surface area contributed by atoms with Gasteiger partial charge < -0.3 is 37.9 Å². The zero-order valence-corrected chi connectivity index (χ0v) is 58.3. The fourth-order valence-electron chi connectivity index (χ4n) is 11.3. The summed E-state index contributed by atoms with van der Waals surface area (Å²) in [6.07, 6.45) is 41.7. The number of nitriles is 5. The van der Waals surface area contributed by atoms with Crippen LogP contribution in [0.25, 0.3) is 46.6 Å². The lowest BCUT2D eigenvalue weighted by Gasteiger charge is -2.18. The van der Waals surface area contributed by atoms with Gasteiger partial charge in [-0.25, -0.2) is 0 Å². The molecular formula is C81H107N5O8. The Morgan fingerprint density at radius 3 is 0.915 bits per heavy atom. The largest absolute Gasteiger partial charge is 0.496 e. The Labute approximate surface area is 565 Å². The van der Waals surface area contributed by atoms with Crippen molar-refractivity contribution >= 4 is 46.6 Å². The van der Waals surface area contributed by atoms with E-state index in [-0.39, 0.29) is 22.3 Å². The molecule has 0 amide bonds. The summed E-state index contributed by atoms with van der Waals surface area (Å²) in [6, 6.07) is 25.8. The van der Waals surface area contributed by atoms with Crippen LogP contribution in [0.4, 0.5) is 0 Å². The third-order valence-corrected chi connectivity index (χ3v) is 16.8. The molecule has 0 bridgehead atoms. The highest BCUT2D eigenvalue weighted by atomic mass is 16.5. The van der Waals surface area contributed by atoms with Crippen LogP contribution in [0.15, 0.2) is 61.2 Å². The van der Waals surface area contributed by atoms with Gasteiger partial charge in [0.1, 0.15) is 46.0 Å². The van der Waals surface area contributed by atoms with Crippen LogP contribution in [0.2, 0.25) is 0 Å². The monoisotopic (exact) mass is 1280 g/mol. The number of hydrogen-bond acceptors (Lipinski definition) is 13. The normalized spacial score (nSPS) is 11.5. The second-order valence-corrected chi connectivity index (χ2v) is 24.0. The minimum atomic E-state index is 0.212. The maximum Gasteiger partial charge on any atom is 0.128 e. The van der Waals surface area contributed by atoms with Gasteiger partial charge in [-0.2, -0.15) is 26.3 Å². The molecule has 4 rings (SSSR count). The molecule has 504 valence electrons. The molecule has 0 N–H and O–H groups in total. The van der Waals surface area contributed by atoms with Crippen LogP contribution in [-0.2, 0) is 0 Å². The third kappa shape index (κ3) is 26.8. The fourth-order valence-corrected chi connectivity index (χ4v) is 11.3. The van der Waals surface area contributed by atoms with Crippen LogP contribution in [0.5, 0.6) is 46.0 Å². The van der Waals surface area contributed by atoms with E-state index in [0.717, 1.165) is 96.3 Å². The minimum Gasteiger partial charge on any atom is -0.496 e. The maximum atomic E-state index is 11.3. The van der Waals surface area contributed by atoms with E-state index >= 15 is 0 Å². The van der Waals surface area contributed by atoms with Crippen molar-refractivity contribution in [3.05, 3.63) is 106 Å². The molecule has 0 saturated carbocycles. The molecule has 4 aromatic carbocycles. The Balaban J connectivity index is 1.92. The third-order valence-electron chi connectivity index (χ3n) is 16.8. The number of unbranched alkanes of at least 4 members (excludes halogenated alkanes) is 26. The van der Waals surface area contributed by atoms with Gasteiger partial charge in [-0.05, 0) is 98.5 Å². The number of rotatable bonds is 50. The van der Waals surface area contributed by atoms with Crippen molar-refractivity contribution in [1.82, 2.24) is 0 Å². The highest BCUT2D eigenvalue weighted by Crippen LogP contribution is 2.43. The van der Waals surface area contributed by atoms with Gasteiger partial charge in [0, 0.05) is 50.6 Å². The van der Waals surface area contributed by atoms with E-state index in [0.29, 0.717) is 117 Å². The molecule has 0 atom stereocenters. The molecule has 0 spiro atoms. The van der Waals surface area contributed by atoms with Crippen molar-refractivity contribution in [2.45, 2.75) is 220 Å². The molecule has 0 unspecified atom stereocenters. The predicted molar refractivity (Wildman–Crippen MR) is 385 cm³/mol. The van der Waals surface area contributed by atoms with E-state index in [4.69, 9.17) is 37.9 Å². The molecule has 4 aromatic rings. The minimum absolute atomic E-state index is 0.212. The Bertz CT molecular complexity index is 3300. The van der Waals surface area contributed by atoms with Crippen LogP contribution >= 0.6 is 0 Å². The molecule has 13 heteroatoms. The molecule has 0 saturated heterocycles. The lowest BCUT2D eigenvalue weighted by Crippen LogP contribution is -2.04. The van der Waals surface area contributed by atoms with Gasteiger partial charge in [0.2, 0.25) is 0 Å². The number of benzene rings is 4. The van der Waals surface area contributed by atoms with E-state index in [2.05, 4.69) is 64.6 Å². The topological polar surface area (TPSA) is 193 Å². The average molecular weight is 1280 g/mol. The SMILES string of the molecule is C=C(C#N)c1cc(OC)c(/C(C#N)=C/c2cc(OC)c(/C=C(\C#N)c3cc(OC)c(/C(C#N)=C/c4cc(OC)c(/C=C/C#N)cc4OCCCCCCCCCC)cc3OCCCCCCCCCC)cc2OCCCCCCCC)cc1OCCCCCCCCCC. The molecule has 13 nitrogen and oxygen atoms in total. The van der Waals surface area contributed by atoms with E-state index in [9.17, 15) is 26.3 Å². The first kappa shape index (κ1) is 77.9. The van der Waals surface area contributed by atoms with Crippen LogP contribution in [-0.4, -0.2) is 54.9 Å². The lowest BCUT2D eigenvalue weighted by molar-refractivity contribution is 0.302. The Morgan fingerprint density at radius 1 is 0.319 bits per heavy atom. The smallest absolute Gasteiger partial charge is 0.128 e. The Kier molecular flexibility index (Phi) is 39.2. The first-order valence-corrected chi connectivity index (χ1v) is 35.0. The summed E-state index contributed by atoms with van der Waals surface area (Å²) >= 11 is 0. The van der Waals surface area contributed by atoms with E-state index in [1.54, 1.807) is 68.9 Å². The zero-order chi connectivity index (χ0) is 68.0. The first-order valence-electron chi connectivity index (χ1n) is 35.0. The lowest BCUT2D eigenvalue weighted by atomic mass is 9.95. The Hall–Kier alpha value is -8.57. The number of allylic oxidation sites excluding steroid dienone is 5. The van der Waals surface area contributed by atoms with Gasteiger partial charge in [0.25, 0.3) is 0 Å². The second-order valence-electron chi connectivity index (χ2n) is 24.0. The molecular weight excluding hydrogens is 1170 g/mol. The summed E-state index contributed by atoms with van der Waals surface area (Å²) in [5, 5.41) is 52.9. The van der Waals surface area contributed by atoms with Crippen molar-refractivity contribution in [2.75, 3.05) is 54.9 Å². The second kappa shape index (κ2) is 47.3. The highest BCUT2D eigenvalue weighted by molar-refractivity contribution is 5.99. The summed E-state index contributed by atoms with van der Waals surface area (Å²) in [5.74, 6) is 3.38. The van der Waals surface area contributed by atoms with Crippen LogP contribution in [0.1, 0.15) is 265 Å². The van der Waals surface area contributed by atoms with Crippen molar-refractivity contribution < 1.29 is 37.9 Å². The van der Waals surface area contributed by atoms with E-state index in [1.807, 2.05) is 18.2 Å². The molecule has 0 aliphatic carbocycles. The fraction of sp³-hybridized carbons (Fsp3) is 0.519. The number of nitrogens with zero attached hydrogens (tertiary/aromatic N) is 5. The van der Waals surface area contributed by atoms with Crippen molar-refractivity contribution in [3.8, 4) is 76.3 Å². The molecule has 0 heterocycles. The number of ether oxygens (including phenoxy) is 8. The van der Waals surface area contributed by atoms with Gasteiger partial charge in [-0.3, -0.25) is 0 Å². The summed E-state index contributed by atoms with van der Waals surface area (Å²) in [6.45, 7) is 14.5. The predicted octanol–water partition coefficient (Wildman–Crippen LogP) is 22.3. The van der Waals surface area contributed by atoms with Crippen molar-refractivity contribution in [2.24, 2.45) is 0 Å². The van der Waals surface area contributed by atoms with Gasteiger partial charge in [0.15, 0.2) is 0 Å². The zero-order valence-electron chi connectivity index (χ0n) is 58.3. The highest BCUT2D eigenvalue weighted by Gasteiger charge is 2.23. The summed E-state index contributed by atoms with van der Waals surface area (Å²) in [7, 11) is 6.17. The molecule has 0 aromatic heterocycles. The number of hydrogen-bond donors (Lipinski definition) is 0. The molecule has 0 aliphatic rings. The van der Waals surface area contributed by atoms with Gasteiger partial charge >= 0.3 is 0 Å². The van der Waals surface area contributed by atoms with E-state index in [1.165, 1.54) is 117 Å². The first-order chi connectivity index (χ1) is 46.1. The van der Waals surface area contributed by atoms with Crippen molar-refractivity contribution in [3.63, 3.8) is 0 Å². The molecule has 0 fully saturated rings. The number of methoxy groups -OCH3 is 4. The molecule has 94 heavy (non-hydrogen) atoms. The standard InChI is InChI=1S/C81H107N5O8/c1-10-14-18-22-26-29-33-37-43-91-76-50-63(41-40-42-82)74(87-6)51-65(76)48-68(60-85)72-57-81(94-46-39-35-31-28-24-20-16-12-3)73(55-79(72)90-9)69(61-86)47-64-53-77(92-44-36-32-25-21-17-13-4)66(52-75(64)88-7)49-67(59-84)71-56-80(70(62(5)58-83)54-78(71)89-8)93-45-38-34-30-27-23-19-15-11-2/h40-41,47-57H,5,10-39,43-46H2,1-4,6-9H3/b41-40+,67-49+,68-48+,69-47+. The van der Waals surface area contributed by atoms with Gasteiger partial charge in [-0.15, -0.1) is 0 Å². The van der Waals surface area contributed by atoms with Crippen LogP contribution in [0, 0.1) is 56.7 Å². The van der Waals surface area contributed by atoms with Gasteiger partial charge in [0.05, 0.1) is 108 Å². The molecule has 0 radical (unpaired) electrons. The summed E-state index contributed by atoms with van der Waals surface area (Å²) in [4.78, 5) is 0.